The van der Waals surface area contributed by atoms with Crippen LogP contribution in [0, 0.1) is 17.3 Å². The van der Waals surface area contributed by atoms with E-state index in [1.165, 1.54) is 0 Å². The molecule has 4 nitrogen and oxygen atoms in total. The Labute approximate surface area is 116 Å². The molecule has 0 saturated carbocycles. The molecule has 2 N–H and O–H groups in total. The summed E-state index contributed by atoms with van der Waals surface area (Å²) in [6, 6.07) is 0. The topological polar surface area (TPSA) is 50.4 Å². The van der Waals surface area contributed by atoms with Gasteiger partial charge in [-0.15, -0.1) is 0 Å². The summed E-state index contributed by atoms with van der Waals surface area (Å²) < 4.78 is 5.95. The van der Waals surface area contributed by atoms with E-state index in [4.69, 9.17) is 4.74 Å². The van der Waals surface area contributed by atoms with Gasteiger partial charge in [-0.05, 0) is 31.2 Å². The van der Waals surface area contributed by atoms with E-state index in [9.17, 15) is 4.79 Å². The summed E-state index contributed by atoms with van der Waals surface area (Å²) in [4.78, 5) is 12.1. The smallest absolute Gasteiger partial charge is 0.224 e. The third-order valence-corrected chi connectivity index (χ3v) is 4.27. The van der Waals surface area contributed by atoms with E-state index in [0.717, 1.165) is 45.5 Å². The highest BCUT2D eigenvalue weighted by molar-refractivity contribution is 5.79. The Morgan fingerprint density at radius 2 is 2.16 bits per heavy atom. The van der Waals surface area contributed by atoms with Crippen molar-refractivity contribution in [3.8, 4) is 0 Å². The summed E-state index contributed by atoms with van der Waals surface area (Å²) in [5.41, 5.74) is 0.144. The van der Waals surface area contributed by atoms with Crippen molar-refractivity contribution in [2.75, 3.05) is 26.2 Å². The van der Waals surface area contributed by atoms with Crippen LogP contribution in [-0.2, 0) is 9.53 Å². The summed E-state index contributed by atoms with van der Waals surface area (Å²) in [6.45, 7) is 10.1. The van der Waals surface area contributed by atoms with Crippen LogP contribution in [0.5, 0.6) is 0 Å². The fraction of sp³-hybridized carbons (Fsp3) is 0.933. The molecule has 1 amide bonds. The van der Waals surface area contributed by atoms with Gasteiger partial charge in [0.2, 0.25) is 5.91 Å². The first-order chi connectivity index (χ1) is 8.98. The molecule has 0 aromatic carbocycles. The first-order valence-corrected chi connectivity index (χ1v) is 7.58. The first-order valence-electron chi connectivity index (χ1n) is 7.58. The Balaban J connectivity index is 1.84. The van der Waals surface area contributed by atoms with Crippen LogP contribution in [-0.4, -0.2) is 38.3 Å². The minimum absolute atomic E-state index is 0.144. The van der Waals surface area contributed by atoms with Gasteiger partial charge in [-0.1, -0.05) is 20.8 Å². The monoisotopic (exact) mass is 268 g/mol. The SMILES string of the molecule is CC(C)(C)C1OCCCC1CNC(=O)C1CCNC1. The van der Waals surface area contributed by atoms with Gasteiger partial charge in [-0.25, -0.2) is 0 Å². The van der Waals surface area contributed by atoms with Gasteiger partial charge in [-0.2, -0.15) is 0 Å². The zero-order chi connectivity index (χ0) is 13.9. The van der Waals surface area contributed by atoms with Gasteiger partial charge in [0.05, 0.1) is 12.0 Å². The molecule has 0 aliphatic carbocycles. The molecule has 0 aromatic rings. The van der Waals surface area contributed by atoms with Gasteiger partial charge in [-0.3, -0.25) is 4.79 Å². The molecule has 19 heavy (non-hydrogen) atoms. The van der Waals surface area contributed by atoms with Crippen molar-refractivity contribution in [3.63, 3.8) is 0 Å². The largest absolute Gasteiger partial charge is 0.377 e. The Hall–Kier alpha value is -0.610. The van der Waals surface area contributed by atoms with Crippen LogP contribution in [0.15, 0.2) is 0 Å². The van der Waals surface area contributed by atoms with Gasteiger partial charge in [0.25, 0.3) is 0 Å². The number of carbonyl (C=O) groups excluding carboxylic acids is 1. The second kappa shape index (κ2) is 6.23. The second-order valence-electron chi connectivity index (χ2n) is 6.99. The Kier molecular flexibility index (Phi) is 4.85. The predicted molar refractivity (Wildman–Crippen MR) is 75.9 cm³/mol. The molecule has 0 bridgehead atoms. The number of amides is 1. The number of hydrogen-bond donors (Lipinski definition) is 2. The highest BCUT2D eigenvalue weighted by Gasteiger charge is 2.35. The van der Waals surface area contributed by atoms with E-state index in [0.29, 0.717) is 5.92 Å². The van der Waals surface area contributed by atoms with Gasteiger partial charge < -0.3 is 15.4 Å². The lowest BCUT2D eigenvalue weighted by atomic mass is 9.78. The quantitative estimate of drug-likeness (QED) is 0.816. The lowest BCUT2D eigenvalue weighted by Crippen LogP contribution is -2.46. The van der Waals surface area contributed by atoms with Gasteiger partial charge >= 0.3 is 0 Å². The van der Waals surface area contributed by atoms with Crippen molar-refractivity contribution in [3.05, 3.63) is 0 Å². The zero-order valence-corrected chi connectivity index (χ0v) is 12.5. The summed E-state index contributed by atoms with van der Waals surface area (Å²) in [6.07, 6.45) is 3.49. The normalized spacial score (nSPS) is 32.3. The van der Waals surface area contributed by atoms with Gasteiger partial charge in [0.15, 0.2) is 0 Å². The molecule has 4 heteroatoms. The molecule has 2 rings (SSSR count). The standard InChI is InChI=1S/C15H28N2O2/c1-15(2,3)13-11(5-4-8-19-13)10-17-14(18)12-6-7-16-9-12/h11-13,16H,4-10H2,1-3H3,(H,17,18). The van der Waals surface area contributed by atoms with Crippen molar-refractivity contribution in [2.45, 2.75) is 46.1 Å². The van der Waals surface area contributed by atoms with Crippen molar-refractivity contribution < 1.29 is 9.53 Å². The highest BCUT2D eigenvalue weighted by Crippen LogP contribution is 2.33. The second-order valence-corrected chi connectivity index (χ2v) is 6.99. The van der Waals surface area contributed by atoms with E-state index < -0.39 is 0 Å². The average Bonchev–Trinajstić information content (AvgIpc) is 2.89. The van der Waals surface area contributed by atoms with Crippen LogP contribution in [0.4, 0.5) is 0 Å². The highest BCUT2D eigenvalue weighted by atomic mass is 16.5. The summed E-state index contributed by atoms with van der Waals surface area (Å²) >= 11 is 0. The van der Waals surface area contributed by atoms with Crippen LogP contribution in [0.3, 0.4) is 0 Å². The maximum absolute atomic E-state index is 12.1. The van der Waals surface area contributed by atoms with Crippen LogP contribution in [0.1, 0.15) is 40.0 Å². The Morgan fingerprint density at radius 3 is 2.79 bits per heavy atom. The molecule has 3 atom stereocenters. The van der Waals surface area contributed by atoms with E-state index in [2.05, 4.69) is 31.4 Å². The Bertz CT molecular complexity index is 306. The molecule has 2 fully saturated rings. The predicted octanol–water partition coefficient (Wildman–Crippen LogP) is 1.55. The molecule has 0 spiro atoms. The summed E-state index contributed by atoms with van der Waals surface area (Å²) in [5.74, 6) is 0.827. The molecule has 110 valence electrons. The third kappa shape index (κ3) is 3.93. The number of carbonyl (C=O) groups is 1. The Morgan fingerprint density at radius 1 is 1.37 bits per heavy atom. The molecule has 2 aliphatic rings. The van der Waals surface area contributed by atoms with Gasteiger partial charge in [0.1, 0.15) is 0 Å². The fourth-order valence-corrected chi connectivity index (χ4v) is 3.26. The number of nitrogens with one attached hydrogen (secondary N) is 2. The third-order valence-electron chi connectivity index (χ3n) is 4.27. The van der Waals surface area contributed by atoms with Crippen LogP contribution in [0.25, 0.3) is 0 Å². The zero-order valence-electron chi connectivity index (χ0n) is 12.5. The molecule has 0 aromatic heterocycles. The molecule has 0 radical (unpaired) electrons. The van der Waals surface area contributed by atoms with Crippen LogP contribution < -0.4 is 10.6 Å². The molecule has 3 unspecified atom stereocenters. The molecule has 2 aliphatic heterocycles. The van der Waals surface area contributed by atoms with Crippen molar-refractivity contribution in [1.29, 1.82) is 0 Å². The van der Waals surface area contributed by atoms with Crippen molar-refractivity contribution >= 4 is 5.91 Å². The lowest BCUT2D eigenvalue weighted by Gasteiger charge is -2.40. The van der Waals surface area contributed by atoms with Crippen molar-refractivity contribution in [2.24, 2.45) is 17.3 Å². The molecular weight excluding hydrogens is 240 g/mol. The van der Waals surface area contributed by atoms with Crippen LogP contribution in [0.2, 0.25) is 0 Å². The number of rotatable bonds is 3. The lowest BCUT2D eigenvalue weighted by molar-refractivity contribution is -0.126. The van der Waals surface area contributed by atoms with E-state index in [1.807, 2.05) is 0 Å². The van der Waals surface area contributed by atoms with E-state index >= 15 is 0 Å². The fourth-order valence-electron chi connectivity index (χ4n) is 3.26. The van der Waals surface area contributed by atoms with Crippen LogP contribution >= 0.6 is 0 Å². The van der Waals surface area contributed by atoms with Crippen molar-refractivity contribution in [1.82, 2.24) is 10.6 Å². The minimum atomic E-state index is 0.144. The average molecular weight is 268 g/mol. The van der Waals surface area contributed by atoms with E-state index in [1.54, 1.807) is 0 Å². The molecule has 2 heterocycles. The minimum Gasteiger partial charge on any atom is -0.377 e. The molecule has 2 saturated heterocycles. The number of hydrogen-bond acceptors (Lipinski definition) is 3. The maximum atomic E-state index is 12.1. The maximum Gasteiger partial charge on any atom is 0.224 e. The number of ether oxygens (including phenoxy) is 1. The summed E-state index contributed by atoms with van der Waals surface area (Å²) in [5, 5.41) is 6.38. The molecular formula is C15H28N2O2. The first kappa shape index (κ1) is 14.8. The van der Waals surface area contributed by atoms with E-state index in [-0.39, 0.29) is 23.3 Å². The summed E-state index contributed by atoms with van der Waals surface area (Å²) in [7, 11) is 0. The van der Waals surface area contributed by atoms with Gasteiger partial charge in [0, 0.05) is 25.6 Å².